The molecule has 0 aromatic rings. The molecule has 0 spiro atoms. The van der Waals surface area contributed by atoms with Crippen molar-refractivity contribution in [1.82, 2.24) is 0 Å². The van der Waals surface area contributed by atoms with Crippen molar-refractivity contribution in [3.63, 3.8) is 0 Å². The quantitative estimate of drug-likeness (QED) is 0.444. The third-order valence-electron chi connectivity index (χ3n) is 5.17. The SMILES string of the molecule is CC1=CC[C@H](C(C)C(=O)CCC2(C)C(=O)COC2=O)CC1. The van der Waals surface area contributed by atoms with E-state index in [1.54, 1.807) is 6.92 Å². The molecule has 1 saturated heterocycles. The molecule has 1 fully saturated rings. The molecule has 1 heterocycles. The highest BCUT2D eigenvalue weighted by molar-refractivity contribution is 6.08. The second-order valence-corrected chi connectivity index (χ2v) is 6.67. The molecule has 2 unspecified atom stereocenters. The molecule has 1 aliphatic heterocycles. The predicted octanol–water partition coefficient (Wildman–Crippen LogP) is 2.85. The lowest BCUT2D eigenvalue weighted by Crippen LogP contribution is -2.32. The average Bonchev–Trinajstić information content (AvgIpc) is 2.73. The minimum Gasteiger partial charge on any atom is -0.457 e. The summed E-state index contributed by atoms with van der Waals surface area (Å²) >= 11 is 0. The van der Waals surface area contributed by atoms with Crippen LogP contribution in [-0.4, -0.2) is 24.1 Å². The van der Waals surface area contributed by atoms with Crippen LogP contribution in [-0.2, 0) is 19.1 Å². The number of esters is 1. The van der Waals surface area contributed by atoms with Gasteiger partial charge in [0.2, 0.25) is 0 Å². The molecule has 4 nitrogen and oxygen atoms in total. The number of hydrogen-bond acceptors (Lipinski definition) is 4. The third-order valence-corrected chi connectivity index (χ3v) is 5.17. The van der Waals surface area contributed by atoms with Crippen LogP contribution in [0.25, 0.3) is 0 Å². The van der Waals surface area contributed by atoms with Gasteiger partial charge in [-0.15, -0.1) is 0 Å². The largest absolute Gasteiger partial charge is 0.457 e. The molecule has 21 heavy (non-hydrogen) atoms. The van der Waals surface area contributed by atoms with Crippen LogP contribution in [0.4, 0.5) is 0 Å². The minimum atomic E-state index is -1.11. The molecule has 0 bridgehead atoms. The highest BCUT2D eigenvalue weighted by Crippen LogP contribution is 2.34. The number of carbonyl (C=O) groups is 3. The molecule has 0 N–H and O–H groups in total. The molecule has 3 atom stereocenters. The first-order chi connectivity index (χ1) is 9.84. The number of ether oxygens (including phenoxy) is 1. The van der Waals surface area contributed by atoms with E-state index in [2.05, 4.69) is 13.0 Å². The van der Waals surface area contributed by atoms with E-state index in [0.29, 0.717) is 5.92 Å². The zero-order valence-electron chi connectivity index (χ0n) is 13.1. The molecule has 2 aliphatic rings. The molecule has 0 saturated carbocycles. The van der Waals surface area contributed by atoms with Crippen LogP contribution in [0.1, 0.15) is 52.9 Å². The average molecular weight is 292 g/mol. The van der Waals surface area contributed by atoms with Crippen molar-refractivity contribution in [3.05, 3.63) is 11.6 Å². The van der Waals surface area contributed by atoms with Gasteiger partial charge < -0.3 is 4.74 Å². The molecule has 0 aromatic heterocycles. The van der Waals surface area contributed by atoms with Crippen molar-refractivity contribution in [3.8, 4) is 0 Å². The van der Waals surface area contributed by atoms with E-state index in [-0.39, 0.29) is 36.9 Å². The summed E-state index contributed by atoms with van der Waals surface area (Å²) in [5.41, 5.74) is 0.288. The lowest BCUT2D eigenvalue weighted by molar-refractivity contribution is -0.146. The summed E-state index contributed by atoms with van der Waals surface area (Å²) in [6, 6.07) is 0. The Hall–Kier alpha value is -1.45. The maximum Gasteiger partial charge on any atom is 0.319 e. The predicted molar refractivity (Wildman–Crippen MR) is 78.6 cm³/mol. The Labute approximate surface area is 125 Å². The zero-order valence-corrected chi connectivity index (χ0v) is 13.1. The Morgan fingerprint density at radius 2 is 2.19 bits per heavy atom. The van der Waals surface area contributed by atoms with Crippen LogP contribution in [0.5, 0.6) is 0 Å². The summed E-state index contributed by atoms with van der Waals surface area (Å²) in [4.78, 5) is 35.8. The topological polar surface area (TPSA) is 60.4 Å². The first kappa shape index (κ1) is 15.9. The van der Waals surface area contributed by atoms with Gasteiger partial charge in [-0.2, -0.15) is 0 Å². The minimum absolute atomic E-state index is 0.00882. The summed E-state index contributed by atoms with van der Waals surface area (Å²) in [5.74, 6) is -0.152. The van der Waals surface area contributed by atoms with Crippen LogP contribution in [0, 0.1) is 17.3 Å². The van der Waals surface area contributed by atoms with E-state index in [9.17, 15) is 14.4 Å². The summed E-state index contributed by atoms with van der Waals surface area (Å²) < 4.78 is 4.79. The fourth-order valence-electron chi connectivity index (χ4n) is 3.11. The molecular formula is C17H24O4. The van der Waals surface area contributed by atoms with Gasteiger partial charge in [0, 0.05) is 12.3 Å². The standard InChI is InChI=1S/C17H24O4/c1-11-4-6-13(7-5-11)12(2)14(18)8-9-17(3)15(19)10-21-16(17)20/h4,12-13H,5-10H2,1-3H3/t12?,13-,17?/m0/s1. The number of rotatable bonds is 5. The van der Waals surface area contributed by atoms with Gasteiger partial charge in [0.1, 0.15) is 11.2 Å². The molecular weight excluding hydrogens is 268 g/mol. The van der Waals surface area contributed by atoms with Gasteiger partial charge in [0.15, 0.2) is 12.4 Å². The lowest BCUT2D eigenvalue weighted by atomic mass is 9.76. The number of cyclic esters (lactones) is 1. The first-order valence-electron chi connectivity index (χ1n) is 7.73. The second-order valence-electron chi connectivity index (χ2n) is 6.67. The normalized spacial score (nSPS) is 30.8. The van der Waals surface area contributed by atoms with Crippen LogP contribution in [0.15, 0.2) is 11.6 Å². The van der Waals surface area contributed by atoms with E-state index in [1.165, 1.54) is 5.57 Å². The third kappa shape index (κ3) is 3.25. The fraction of sp³-hybridized carbons (Fsp3) is 0.706. The second kappa shape index (κ2) is 6.12. The van der Waals surface area contributed by atoms with Gasteiger partial charge in [-0.25, -0.2) is 0 Å². The van der Waals surface area contributed by atoms with Crippen molar-refractivity contribution in [2.75, 3.05) is 6.61 Å². The van der Waals surface area contributed by atoms with Crippen molar-refractivity contribution < 1.29 is 19.1 Å². The Bertz CT molecular complexity index is 473. The molecule has 0 aromatic carbocycles. The van der Waals surface area contributed by atoms with Gasteiger partial charge in [0.05, 0.1) is 0 Å². The number of hydrogen-bond donors (Lipinski definition) is 0. The van der Waals surface area contributed by atoms with Crippen molar-refractivity contribution in [1.29, 1.82) is 0 Å². The Balaban J connectivity index is 1.90. The highest BCUT2D eigenvalue weighted by atomic mass is 16.5. The van der Waals surface area contributed by atoms with E-state index >= 15 is 0 Å². The van der Waals surface area contributed by atoms with Crippen LogP contribution in [0.2, 0.25) is 0 Å². The Morgan fingerprint density at radius 3 is 2.71 bits per heavy atom. The molecule has 1 aliphatic carbocycles. The van der Waals surface area contributed by atoms with Gasteiger partial charge in [-0.1, -0.05) is 18.6 Å². The fourth-order valence-corrected chi connectivity index (χ4v) is 3.11. The number of Topliss-reactive ketones (excluding diaryl/α,β-unsaturated/α-hetero) is 2. The van der Waals surface area contributed by atoms with Crippen LogP contribution < -0.4 is 0 Å². The first-order valence-corrected chi connectivity index (χ1v) is 7.73. The number of carbonyl (C=O) groups excluding carboxylic acids is 3. The zero-order chi connectivity index (χ0) is 15.6. The van der Waals surface area contributed by atoms with Gasteiger partial charge >= 0.3 is 5.97 Å². The summed E-state index contributed by atoms with van der Waals surface area (Å²) in [7, 11) is 0. The van der Waals surface area contributed by atoms with Gasteiger partial charge in [0.25, 0.3) is 0 Å². The monoisotopic (exact) mass is 292 g/mol. The maximum atomic E-state index is 12.4. The molecule has 2 rings (SSSR count). The maximum absolute atomic E-state index is 12.4. The molecule has 4 heteroatoms. The van der Waals surface area contributed by atoms with Crippen LogP contribution in [0.3, 0.4) is 0 Å². The Kier molecular flexibility index (Phi) is 4.64. The molecule has 0 amide bonds. The smallest absolute Gasteiger partial charge is 0.319 e. The Morgan fingerprint density at radius 1 is 1.48 bits per heavy atom. The number of allylic oxidation sites excluding steroid dienone is 2. The molecule has 116 valence electrons. The van der Waals surface area contributed by atoms with Gasteiger partial charge in [-0.05, 0) is 45.4 Å². The van der Waals surface area contributed by atoms with Crippen molar-refractivity contribution in [2.24, 2.45) is 17.3 Å². The number of ketones is 2. The lowest BCUT2D eigenvalue weighted by Gasteiger charge is -2.26. The van der Waals surface area contributed by atoms with Crippen LogP contribution >= 0.6 is 0 Å². The van der Waals surface area contributed by atoms with Crippen molar-refractivity contribution >= 4 is 17.5 Å². The highest BCUT2D eigenvalue weighted by Gasteiger charge is 2.48. The van der Waals surface area contributed by atoms with E-state index in [4.69, 9.17) is 4.74 Å². The van der Waals surface area contributed by atoms with Crippen molar-refractivity contribution in [2.45, 2.75) is 52.9 Å². The van der Waals surface area contributed by atoms with E-state index in [0.717, 1.165) is 19.3 Å². The summed E-state index contributed by atoms with van der Waals surface area (Å²) in [5, 5.41) is 0. The van der Waals surface area contributed by atoms with E-state index < -0.39 is 11.4 Å². The summed E-state index contributed by atoms with van der Waals surface area (Å²) in [6.07, 6.45) is 5.83. The summed E-state index contributed by atoms with van der Waals surface area (Å²) in [6.45, 7) is 5.54. The molecule has 0 radical (unpaired) electrons. The van der Waals surface area contributed by atoms with E-state index in [1.807, 2.05) is 6.92 Å². The van der Waals surface area contributed by atoms with Gasteiger partial charge in [-0.3, -0.25) is 14.4 Å².